The Labute approximate surface area is 221 Å². The molecule has 2 aliphatic rings. The van der Waals surface area contributed by atoms with Gasteiger partial charge in [-0.25, -0.2) is 0 Å². The van der Waals surface area contributed by atoms with Crippen molar-refractivity contribution in [3.05, 3.63) is 34.7 Å². The van der Waals surface area contributed by atoms with Crippen LogP contribution in [0, 0.1) is 29.2 Å². The van der Waals surface area contributed by atoms with Crippen LogP contribution >= 0.6 is 11.6 Å². The summed E-state index contributed by atoms with van der Waals surface area (Å²) in [4.78, 5) is 24.4. The number of carboxylic acid groups (broad SMARTS) is 1. The van der Waals surface area contributed by atoms with Gasteiger partial charge in [0.25, 0.3) is 0 Å². The van der Waals surface area contributed by atoms with Gasteiger partial charge in [-0.1, -0.05) is 87.9 Å². The molecule has 1 fully saturated rings. The Bertz CT molecular complexity index is 833. The highest BCUT2D eigenvalue weighted by atomic mass is 35.5. The Balaban J connectivity index is 2.18. The van der Waals surface area contributed by atoms with Gasteiger partial charge in [-0.2, -0.15) is 5.53 Å². The van der Waals surface area contributed by atoms with Gasteiger partial charge in [0.05, 0.1) is 10.7 Å². The molecule has 7 nitrogen and oxygen atoms in total. The van der Waals surface area contributed by atoms with Gasteiger partial charge >= 0.3 is 5.97 Å². The summed E-state index contributed by atoms with van der Waals surface area (Å²) in [5, 5.41) is 18.4. The maximum atomic E-state index is 13.0. The van der Waals surface area contributed by atoms with Crippen LogP contribution in [0.25, 0.3) is 0 Å². The second-order valence-corrected chi connectivity index (χ2v) is 11.0. The molecular formula is C28H45ClN4O3. The summed E-state index contributed by atoms with van der Waals surface area (Å²) in [6, 6.07) is 0. The van der Waals surface area contributed by atoms with Crippen molar-refractivity contribution in [2.24, 2.45) is 28.9 Å². The van der Waals surface area contributed by atoms with Crippen molar-refractivity contribution in [1.82, 2.24) is 10.3 Å². The number of carbonyl (C=O) groups excluding carboxylic acids is 1. The molecule has 0 saturated heterocycles. The molecule has 0 aromatic carbocycles. The Hall–Kier alpha value is -2.15. The van der Waals surface area contributed by atoms with Crippen molar-refractivity contribution in [3.8, 4) is 0 Å². The number of nitrogens with zero attached hydrogens (tertiary/aromatic N) is 2. The summed E-state index contributed by atoms with van der Waals surface area (Å²) in [5.41, 5.74) is 9.41. The normalized spacial score (nSPS) is 21.0. The third-order valence-corrected chi connectivity index (χ3v) is 7.86. The van der Waals surface area contributed by atoms with Crippen LogP contribution in [0.2, 0.25) is 0 Å². The zero-order valence-corrected chi connectivity index (χ0v) is 23.0. The predicted molar refractivity (Wildman–Crippen MR) is 144 cm³/mol. The lowest BCUT2D eigenvalue weighted by atomic mass is 9.87. The molecule has 0 spiro atoms. The van der Waals surface area contributed by atoms with Crippen molar-refractivity contribution < 1.29 is 14.7 Å². The first-order valence-electron chi connectivity index (χ1n) is 13.7. The van der Waals surface area contributed by atoms with E-state index in [0.29, 0.717) is 35.5 Å². The molecule has 0 bridgehead atoms. The first-order chi connectivity index (χ1) is 17.2. The van der Waals surface area contributed by atoms with Crippen molar-refractivity contribution in [2.75, 3.05) is 6.54 Å². The van der Waals surface area contributed by atoms with Gasteiger partial charge in [-0.05, 0) is 55.8 Å². The Morgan fingerprint density at radius 3 is 2.67 bits per heavy atom. The van der Waals surface area contributed by atoms with E-state index in [-0.39, 0.29) is 30.6 Å². The molecule has 2 aliphatic carbocycles. The molecule has 0 aromatic rings. The highest BCUT2D eigenvalue weighted by Gasteiger charge is 2.23. The maximum absolute atomic E-state index is 13.0. The molecule has 3 N–H and O–H groups in total. The summed E-state index contributed by atoms with van der Waals surface area (Å²) in [6.45, 7) is 6.96. The monoisotopic (exact) mass is 520 g/mol. The number of hydrogen-bond acceptors (Lipinski definition) is 4. The molecule has 0 aromatic heterocycles. The lowest BCUT2D eigenvalue weighted by Gasteiger charge is -2.29. The minimum atomic E-state index is -0.885. The van der Waals surface area contributed by atoms with E-state index in [4.69, 9.17) is 17.1 Å². The summed E-state index contributed by atoms with van der Waals surface area (Å²) in [7, 11) is 0. The zero-order valence-electron chi connectivity index (χ0n) is 22.3. The lowest BCUT2D eigenvalue weighted by molar-refractivity contribution is -0.137. The van der Waals surface area contributed by atoms with Gasteiger partial charge in [0.15, 0.2) is 0 Å². The van der Waals surface area contributed by atoms with Crippen LogP contribution in [0.5, 0.6) is 0 Å². The Morgan fingerprint density at radius 2 is 2.03 bits per heavy atom. The fourth-order valence-corrected chi connectivity index (χ4v) is 5.43. The average molecular weight is 521 g/mol. The van der Waals surface area contributed by atoms with Crippen molar-refractivity contribution >= 4 is 23.5 Å². The highest BCUT2D eigenvalue weighted by molar-refractivity contribution is 6.32. The maximum Gasteiger partial charge on any atom is 0.303 e. The van der Waals surface area contributed by atoms with Crippen molar-refractivity contribution in [1.29, 1.82) is 5.53 Å². The van der Waals surface area contributed by atoms with Crippen LogP contribution in [0.1, 0.15) is 97.8 Å². The molecule has 1 saturated carbocycles. The first-order valence-corrected chi connectivity index (χ1v) is 14.1. The van der Waals surface area contributed by atoms with E-state index in [1.54, 1.807) is 5.01 Å². The Morgan fingerprint density at radius 1 is 1.31 bits per heavy atom. The zero-order chi connectivity index (χ0) is 26.5. The van der Waals surface area contributed by atoms with Crippen LogP contribution in [0.3, 0.4) is 0 Å². The van der Waals surface area contributed by atoms with E-state index >= 15 is 0 Å². The van der Waals surface area contributed by atoms with E-state index in [1.165, 1.54) is 32.1 Å². The topological polar surface area (TPSA) is 106 Å². The first kappa shape index (κ1) is 30.1. The molecule has 8 heteroatoms. The van der Waals surface area contributed by atoms with Gasteiger partial charge < -0.3 is 10.4 Å². The molecule has 3 atom stereocenters. The molecular weight excluding hydrogens is 476 g/mol. The van der Waals surface area contributed by atoms with E-state index in [0.717, 1.165) is 31.4 Å². The molecule has 202 valence electrons. The van der Waals surface area contributed by atoms with Gasteiger partial charge in [0.2, 0.25) is 5.91 Å². The number of allylic oxidation sites excluding steroid dienone is 5. The van der Waals surface area contributed by atoms with E-state index in [1.807, 2.05) is 18.2 Å². The quantitative estimate of drug-likeness (QED) is 0.162. The van der Waals surface area contributed by atoms with Gasteiger partial charge in [0.1, 0.15) is 0 Å². The number of carbonyl (C=O) groups is 2. The Kier molecular flexibility index (Phi) is 13.2. The van der Waals surface area contributed by atoms with Crippen molar-refractivity contribution in [3.63, 3.8) is 0 Å². The van der Waals surface area contributed by atoms with Gasteiger partial charge in [0, 0.05) is 25.1 Å². The molecule has 1 amide bonds. The second kappa shape index (κ2) is 15.9. The summed E-state index contributed by atoms with van der Waals surface area (Å²) in [5.74, 6) is -0.191. The van der Waals surface area contributed by atoms with Crippen LogP contribution in [0.15, 0.2) is 39.9 Å². The predicted octanol–water partition coefficient (Wildman–Crippen LogP) is 7.56. The minimum absolute atomic E-state index is 0.0246. The minimum Gasteiger partial charge on any atom is -0.481 e. The van der Waals surface area contributed by atoms with Crippen molar-refractivity contribution in [2.45, 2.75) is 97.8 Å². The molecule has 0 heterocycles. The number of hydrogen-bond donors (Lipinski definition) is 3. The van der Waals surface area contributed by atoms with Crippen LogP contribution in [-0.4, -0.2) is 28.5 Å². The summed E-state index contributed by atoms with van der Waals surface area (Å²) >= 11 is 6.42. The number of aliphatic carboxylic acids is 1. The van der Waals surface area contributed by atoms with E-state index in [9.17, 15) is 14.7 Å². The summed E-state index contributed by atoms with van der Waals surface area (Å²) in [6.07, 6.45) is 16.4. The third kappa shape index (κ3) is 10.5. The van der Waals surface area contributed by atoms with Crippen LogP contribution in [-0.2, 0) is 9.59 Å². The number of rotatable bonds is 14. The number of nitrogens with one attached hydrogen (secondary N) is 2. The summed E-state index contributed by atoms with van der Waals surface area (Å²) < 4.78 is 0. The van der Waals surface area contributed by atoms with E-state index < -0.39 is 5.97 Å². The van der Waals surface area contributed by atoms with Gasteiger partial charge in [-0.3, -0.25) is 14.6 Å². The van der Waals surface area contributed by atoms with Crippen LogP contribution < -0.4 is 5.32 Å². The van der Waals surface area contributed by atoms with E-state index in [2.05, 4.69) is 31.3 Å². The molecule has 0 aliphatic heterocycles. The SMILES string of the molecule is CCC(C)/C(=C\C(CCC(=O)O)CC(=O)NC1=CCCC(C)C=C1Cl)N(CCC1CCCCC1)N=N. The second-order valence-electron chi connectivity index (χ2n) is 10.5. The van der Waals surface area contributed by atoms with Crippen LogP contribution in [0.4, 0.5) is 0 Å². The largest absolute Gasteiger partial charge is 0.481 e. The molecule has 2 rings (SSSR count). The molecule has 36 heavy (non-hydrogen) atoms. The fourth-order valence-electron chi connectivity index (χ4n) is 5.09. The average Bonchev–Trinajstić information content (AvgIpc) is 3.01. The standard InChI is InChI=1S/C28H45ClN4O3/c1-4-21(3)26(33(32-30)16-15-22-10-6-5-7-11-22)18-23(13-14-28(35)36)19-27(34)31-25-12-8-9-20(2)17-24(25)29/h12,17-18,20-23,30H,4-11,13-16,19H2,1-3H3,(H,31,34)(H,35,36)/b26-18+,32-30?. The number of amides is 1. The number of carboxylic acids is 1. The van der Waals surface area contributed by atoms with Gasteiger partial charge in [-0.15, -0.1) is 0 Å². The number of halogens is 1. The highest BCUT2D eigenvalue weighted by Crippen LogP contribution is 2.30. The third-order valence-electron chi connectivity index (χ3n) is 7.53. The smallest absolute Gasteiger partial charge is 0.303 e. The molecule has 0 radical (unpaired) electrons. The lowest BCUT2D eigenvalue weighted by Crippen LogP contribution is -2.27. The fraction of sp³-hybridized carbons (Fsp3) is 0.714. The molecule has 3 unspecified atom stereocenters.